The minimum atomic E-state index is -1.29. The number of carbonyl (C=O) groups is 3. The number of anilines is 1. The van der Waals surface area contributed by atoms with Crippen molar-refractivity contribution < 1.29 is 24.7 Å². The Hall–Kier alpha value is -3.71. The third kappa shape index (κ3) is 9.88. The summed E-state index contributed by atoms with van der Waals surface area (Å²) in [7, 11) is 1.93. The third-order valence-corrected chi connectivity index (χ3v) is 5.14. The maximum absolute atomic E-state index is 12.3. The Balaban J connectivity index is 0.00000648. The van der Waals surface area contributed by atoms with Crippen molar-refractivity contribution >= 4 is 23.4 Å². The van der Waals surface area contributed by atoms with E-state index >= 15 is 0 Å². The molecule has 194 valence electrons. The standard InChI is InChI=1S/C26H32N4O5.CH4/c1-4-5-16-30(3)17-23(32)27-22-14-10-20(11-15-22)7-6-19-8-12-21(13-9-19)25(33)28-24(18(2)31)26(34)29-35;/h8-15,18,24,31,35H,4-5,16-17H2,1-3H3,(H,27,32)(H,28,33)(H,29,34);1H4/t18-,24+;/m1./s1. The first-order valence-electron chi connectivity index (χ1n) is 11.4. The van der Waals surface area contributed by atoms with Crippen molar-refractivity contribution in [3.63, 3.8) is 0 Å². The second-order valence-electron chi connectivity index (χ2n) is 8.21. The second-order valence-corrected chi connectivity index (χ2v) is 8.21. The van der Waals surface area contributed by atoms with Gasteiger partial charge >= 0.3 is 0 Å². The van der Waals surface area contributed by atoms with Gasteiger partial charge in [0.2, 0.25) is 5.91 Å². The van der Waals surface area contributed by atoms with E-state index in [1.54, 1.807) is 36.4 Å². The molecule has 0 aliphatic carbocycles. The lowest BCUT2D eigenvalue weighted by Gasteiger charge is -2.19. The van der Waals surface area contributed by atoms with E-state index < -0.39 is 24.0 Å². The second kappa shape index (κ2) is 15.3. The lowest BCUT2D eigenvalue weighted by Crippen LogP contribution is -2.51. The third-order valence-electron chi connectivity index (χ3n) is 5.14. The number of benzene rings is 2. The highest BCUT2D eigenvalue weighted by atomic mass is 16.5. The number of nitrogens with one attached hydrogen (secondary N) is 3. The zero-order valence-corrected chi connectivity index (χ0v) is 20.2. The van der Waals surface area contributed by atoms with Crippen LogP contribution in [0.2, 0.25) is 0 Å². The lowest BCUT2D eigenvalue weighted by atomic mass is 10.1. The van der Waals surface area contributed by atoms with Crippen LogP contribution in [0.4, 0.5) is 5.69 Å². The van der Waals surface area contributed by atoms with Gasteiger partial charge in [-0.05, 0) is 75.5 Å². The van der Waals surface area contributed by atoms with Gasteiger partial charge in [0.1, 0.15) is 6.04 Å². The molecule has 9 heteroatoms. The van der Waals surface area contributed by atoms with E-state index in [9.17, 15) is 19.5 Å². The summed E-state index contributed by atoms with van der Waals surface area (Å²) in [4.78, 5) is 38.0. The molecule has 2 aromatic rings. The van der Waals surface area contributed by atoms with Gasteiger partial charge in [-0.25, -0.2) is 5.48 Å². The zero-order valence-electron chi connectivity index (χ0n) is 20.2. The SMILES string of the molecule is C.CCCCN(C)CC(=O)Nc1ccc(C#Cc2ccc(C(=O)N[C@H](C(=O)NO)[C@@H](C)O)cc2)cc1. The Morgan fingerprint density at radius 2 is 1.56 bits per heavy atom. The number of hydrogen-bond donors (Lipinski definition) is 5. The largest absolute Gasteiger partial charge is 0.391 e. The average Bonchev–Trinajstić information content (AvgIpc) is 2.85. The van der Waals surface area contributed by atoms with Gasteiger partial charge in [-0.2, -0.15) is 0 Å². The molecular formula is C27H36N4O5. The quantitative estimate of drug-likeness (QED) is 0.195. The highest BCUT2D eigenvalue weighted by Gasteiger charge is 2.25. The number of rotatable bonds is 10. The molecule has 3 amide bonds. The summed E-state index contributed by atoms with van der Waals surface area (Å²) in [6.45, 7) is 4.66. The molecule has 0 saturated heterocycles. The minimum absolute atomic E-state index is 0. The Morgan fingerprint density at radius 3 is 2.06 bits per heavy atom. The van der Waals surface area contributed by atoms with Crippen molar-refractivity contribution in [2.45, 2.75) is 46.3 Å². The van der Waals surface area contributed by atoms with E-state index in [1.807, 2.05) is 24.1 Å². The molecule has 2 rings (SSSR count). The Bertz CT molecular complexity index is 1060. The van der Waals surface area contributed by atoms with Crippen LogP contribution in [0, 0.1) is 11.8 Å². The maximum atomic E-state index is 12.3. The van der Waals surface area contributed by atoms with E-state index in [0.717, 1.165) is 24.9 Å². The normalized spacial score (nSPS) is 11.8. The van der Waals surface area contributed by atoms with E-state index in [-0.39, 0.29) is 18.9 Å². The van der Waals surface area contributed by atoms with Crippen LogP contribution in [-0.2, 0) is 9.59 Å². The van der Waals surface area contributed by atoms with E-state index in [4.69, 9.17) is 5.21 Å². The van der Waals surface area contributed by atoms with Crippen molar-refractivity contribution in [1.82, 2.24) is 15.7 Å². The van der Waals surface area contributed by atoms with Crippen LogP contribution >= 0.6 is 0 Å². The maximum Gasteiger partial charge on any atom is 0.268 e. The van der Waals surface area contributed by atoms with E-state index in [0.29, 0.717) is 17.8 Å². The topological polar surface area (TPSA) is 131 Å². The summed E-state index contributed by atoms with van der Waals surface area (Å²) in [5.41, 5.74) is 3.83. The molecular weight excluding hydrogens is 460 g/mol. The van der Waals surface area contributed by atoms with Gasteiger partial charge in [0.05, 0.1) is 12.6 Å². The Morgan fingerprint density at radius 1 is 1.00 bits per heavy atom. The zero-order chi connectivity index (χ0) is 25.8. The number of hydroxylamine groups is 1. The fourth-order valence-corrected chi connectivity index (χ4v) is 3.14. The molecule has 0 bridgehead atoms. The Kier molecular flexibility index (Phi) is 12.9. The van der Waals surface area contributed by atoms with Crippen LogP contribution in [0.15, 0.2) is 48.5 Å². The summed E-state index contributed by atoms with van der Waals surface area (Å²) in [5.74, 6) is 4.48. The molecule has 0 fully saturated rings. The van der Waals surface area contributed by atoms with Crippen LogP contribution < -0.4 is 16.1 Å². The van der Waals surface area contributed by atoms with Crippen molar-refractivity contribution in [3.8, 4) is 11.8 Å². The first-order valence-corrected chi connectivity index (χ1v) is 11.4. The Labute approximate surface area is 212 Å². The fraction of sp³-hybridized carbons (Fsp3) is 0.370. The van der Waals surface area contributed by atoms with Crippen molar-refractivity contribution in [3.05, 3.63) is 65.2 Å². The summed E-state index contributed by atoms with van der Waals surface area (Å²) < 4.78 is 0. The number of aliphatic hydroxyl groups is 1. The fourth-order valence-electron chi connectivity index (χ4n) is 3.14. The van der Waals surface area contributed by atoms with E-state index in [2.05, 4.69) is 29.4 Å². The highest BCUT2D eigenvalue weighted by molar-refractivity contribution is 5.97. The smallest absolute Gasteiger partial charge is 0.268 e. The van der Waals surface area contributed by atoms with Crippen LogP contribution in [0.3, 0.4) is 0 Å². The van der Waals surface area contributed by atoms with Gasteiger partial charge in [-0.3, -0.25) is 24.5 Å². The highest BCUT2D eigenvalue weighted by Crippen LogP contribution is 2.10. The summed E-state index contributed by atoms with van der Waals surface area (Å²) in [6.07, 6.45) is 0.951. The average molecular weight is 497 g/mol. The molecule has 9 nitrogen and oxygen atoms in total. The minimum Gasteiger partial charge on any atom is -0.391 e. The molecule has 0 saturated carbocycles. The molecule has 0 aliphatic heterocycles. The predicted molar refractivity (Wildman–Crippen MR) is 139 cm³/mol. The van der Waals surface area contributed by atoms with Gasteiger partial charge in [0, 0.05) is 22.4 Å². The van der Waals surface area contributed by atoms with Crippen molar-refractivity contribution in [1.29, 1.82) is 0 Å². The number of nitrogens with zero attached hydrogens (tertiary/aromatic N) is 1. The molecule has 0 spiro atoms. The molecule has 0 aromatic heterocycles. The number of aliphatic hydroxyl groups excluding tert-OH is 1. The summed E-state index contributed by atoms with van der Waals surface area (Å²) in [5, 5.41) is 23.6. The van der Waals surface area contributed by atoms with Crippen LogP contribution in [0.5, 0.6) is 0 Å². The summed E-state index contributed by atoms with van der Waals surface area (Å²) in [6, 6.07) is 12.3. The monoisotopic (exact) mass is 496 g/mol. The molecule has 5 N–H and O–H groups in total. The van der Waals surface area contributed by atoms with E-state index in [1.165, 1.54) is 12.4 Å². The number of carbonyl (C=O) groups excluding carboxylic acids is 3. The molecule has 0 heterocycles. The van der Waals surface area contributed by atoms with Gasteiger partial charge in [0.15, 0.2) is 0 Å². The van der Waals surface area contributed by atoms with Gasteiger partial charge in [-0.15, -0.1) is 0 Å². The van der Waals surface area contributed by atoms with Crippen LogP contribution in [0.25, 0.3) is 0 Å². The lowest BCUT2D eigenvalue weighted by molar-refractivity contribution is -0.133. The molecule has 36 heavy (non-hydrogen) atoms. The van der Waals surface area contributed by atoms with Gasteiger partial charge in [0.25, 0.3) is 11.8 Å². The van der Waals surface area contributed by atoms with Crippen LogP contribution in [-0.4, -0.2) is 65.2 Å². The first kappa shape index (κ1) is 30.3. The molecule has 0 aliphatic rings. The molecule has 0 unspecified atom stereocenters. The number of likely N-dealkylation sites (N-methyl/N-ethyl adjacent to an activating group) is 1. The molecule has 2 aromatic carbocycles. The number of unbranched alkanes of at least 4 members (excludes halogenated alkanes) is 1. The summed E-state index contributed by atoms with van der Waals surface area (Å²) >= 11 is 0. The number of hydrogen-bond acceptors (Lipinski definition) is 6. The van der Waals surface area contributed by atoms with Crippen molar-refractivity contribution in [2.24, 2.45) is 0 Å². The first-order chi connectivity index (χ1) is 16.7. The molecule has 0 radical (unpaired) electrons. The van der Waals surface area contributed by atoms with Gasteiger partial charge in [-0.1, -0.05) is 32.6 Å². The number of amides is 3. The van der Waals surface area contributed by atoms with Gasteiger partial charge < -0.3 is 15.7 Å². The molecule has 2 atom stereocenters. The predicted octanol–water partition coefficient (Wildman–Crippen LogP) is 2.38. The van der Waals surface area contributed by atoms with Crippen LogP contribution in [0.1, 0.15) is 55.6 Å². The van der Waals surface area contributed by atoms with Crippen molar-refractivity contribution in [2.75, 3.05) is 25.5 Å².